The Morgan fingerprint density at radius 1 is 1.26 bits per heavy atom. The Balaban J connectivity index is 2.16. The van der Waals surface area contributed by atoms with E-state index in [4.69, 9.17) is 0 Å². The smallest absolute Gasteiger partial charge is 0.253 e. The van der Waals surface area contributed by atoms with Crippen molar-refractivity contribution in [1.82, 2.24) is 15.0 Å². The van der Waals surface area contributed by atoms with Crippen LogP contribution in [-0.2, 0) is 0 Å². The van der Waals surface area contributed by atoms with Gasteiger partial charge in [0.15, 0.2) is 0 Å². The zero-order valence-electron chi connectivity index (χ0n) is 9.91. The van der Waals surface area contributed by atoms with Crippen LogP contribution in [-0.4, -0.2) is 21.1 Å². The summed E-state index contributed by atoms with van der Waals surface area (Å²) in [6.07, 6.45) is -1.39. The van der Waals surface area contributed by atoms with Gasteiger partial charge in [0, 0.05) is 24.4 Å². The van der Waals surface area contributed by atoms with Gasteiger partial charge in [-0.25, -0.2) is 4.98 Å². The normalized spacial score (nSPS) is 14.9. The molecule has 0 amide bonds. The maximum absolute atomic E-state index is 12.4. The molecule has 0 aliphatic heterocycles. The summed E-state index contributed by atoms with van der Waals surface area (Å²) in [5.41, 5.74) is 4.41. The van der Waals surface area contributed by atoms with Crippen LogP contribution in [0, 0.1) is 6.92 Å². The molecule has 1 aliphatic rings. The molecule has 2 aromatic heterocycles. The van der Waals surface area contributed by atoms with Crippen molar-refractivity contribution in [2.45, 2.75) is 19.5 Å². The molecule has 0 N–H and O–H groups in total. The summed E-state index contributed by atoms with van der Waals surface area (Å²) in [6.45, 7) is 1.80. The molecule has 0 saturated carbocycles. The number of hydrogen-bond donors (Lipinski definition) is 0. The van der Waals surface area contributed by atoms with Gasteiger partial charge in [0.2, 0.25) is 0 Å². The molecule has 0 saturated heterocycles. The van der Waals surface area contributed by atoms with Crippen LogP contribution < -0.4 is 0 Å². The highest BCUT2D eigenvalue weighted by Crippen LogP contribution is 2.39. The van der Waals surface area contributed by atoms with Crippen molar-refractivity contribution in [2.24, 2.45) is 0 Å². The number of rotatable bonds is 1. The number of pyridine rings is 1. The van der Waals surface area contributed by atoms with Crippen LogP contribution in [0.25, 0.3) is 16.6 Å². The van der Waals surface area contributed by atoms with Gasteiger partial charge >= 0.3 is 6.18 Å². The molecule has 0 radical (unpaired) electrons. The van der Waals surface area contributed by atoms with E-state index in [1.807, 2.05) is 0 Å². The van der Waals surface area contributed by atoms with Gasteiger partial charge in [0.25, 0.3) is 0 Å². The lowest BCUT2D eigenvalue weighted by atomic mass is 9.93. The highest BCUT2D eigenvalue weighted by molar-refractivity contribution is 5.88. The van der Waals surface area contributed by atoms with E-state index in [0.29, 0.717) is 22.3 Å². The molecule has 3 rings (SSSR count). The van der Waals surface area contributed by atoms with E-state index in [2.05, 4.69) is 20.7 Å². The molecule has 6 heteroatoms. The first kappa shape index (κ1) is 11.9. The van der Waals surface area contributed by atoms with Crippen LogP contribution in [0.2, 0.25) is 0 Å². The molecule has 0 fully saturated rings. The van der Waals surface area contributed by atoms with E-state index in [1.54, 1.807) is 19.2 Å². The average Bonchev–Trinajstić information content (AvgIpc) is 2.24. The van der Waals surface area contributed by atoms with Crippen molar-refractivity contribution < 1.29 is 13.2 Å². The number of fused-ring (bicyclic) bond motifs is 1. The fourth-order valence-corrected chi connectivity index (χ4v) is 1.91. The summed E-state index contributed by atoms with van der Waals surface area (Å²) in [7, 11) is 0. The monoisotopic (exact) mass is 263 g/mol. The Morgan fingerprint density at radius 3 is 2.68 bits per heavy atom. The van der Waals surface area contributed by atoms with E-state index in [-0.39, 0.29) is 6.42 Å². The molecule has 2 heterocycles. The summed E-state index contributed by atoms with van der Waals surface area (Å²) >= 11 is 0. The van der Waals surface area contributed by atoms with Crippen molar-refractivity contribution in [1.29, 1.82) is 0 Å². The number of aryl methyl sites for hydroxylation is 1. The largest absolute Gasteiger partial charge is 0.420 e. The summed E-state index contributed by atoms with van der Waals surface area (Å²) in [5.74, 6) is 0. The minimum atomic E-state index is -4.31. The van der Waals surface area contributed by atoms with Gasteiger partial charge in [0.05, 0.1) is 16.8 Å². The van der Waals surface area contributed by atoms with Crippen LogP contribution in [0.4, 0.5) is 13.2 Å². The van der Waals surface area contributed by atoms with E-state index in [1.165, 1.54) is 6.20 Å². The lowest BCUT2D eigenvalue weighted by Gasteiger charge is -2.18. The Kier molecular flexibility index (Phi) is 2.43. The predicted molar refractivity (Wildman–Crippen MR) is 63.2 cm³/mol. The molecule has 0 unspecified atom stereocenters. The topological polar surface area (TPSA) is 38.7 Å². The Morgan fingerprint density at radius 2 is 2.00 bits per heavy atom. The second-order valence-electron chi connectivity index (χ2n) is 4.30. The number of allylic oxidation sites excluding steroid dienone is 1. The number of aromatic nitrogens is 3. The van der Waals surface area contributed by atoms with E-state index >= 15 is 0 Å². The second-order valence-corrected chi connectivity index (χ2v) is 4.30. The quantitative estimate of drug-likeness (QED) is 0.741. The summed E-state index contributed by atoms with van der Waals surface area (Å²) < 4.78 is 37.2. The maximum Gasteiger partial charge on any atom is 0.420 e. The maximum atomic E-state index is 12.4. The second kappa shape index (κ2) is 3.90. The third-order valence-corrected chi connectivity index (χ3v) is 2.86. The molecular formula is C13H8F3N3. The molecule has 3 nitrogen and oxygen atoms in total. The van der Waals surface area contributed by atoms with Crippen LogP contribution in [0.3, 0.4) is 0 Å². The van der Waals surface area contributed by atoms with Crippen molar-refractivity contribution in [3.63, 3.8) is 0 Å². The summed E-state index contributed by atoms with van der Waals surface area (Å²) in [6, 6.07) is 1.69. The van der Waals surface area contributed by atoms with Crippen molar-refractivity contribution in [3.05, 3.63) is 41.2 Å². The zero-order chi connectivity index (χ0) is 13.6. The minimum Gasteiger partial charge on any atom is -0.253 e. The predicted octanol–water partition coefficient (Wildman–Crippen LogP) is 3.21. The van der Waals surface area contributed by atoms with E-state index in [9.17, 15) is 13.2 Å². The highest BCUT2D eigenvalue weighted by Gasteiger charge is 2.38. The van der Waals surface area contributed by atoms with Gasteiger partial charge in [-0.2, -0.15) is 13.2 Å². The number of alkyl halides is 3. The summed E-state index contributed by atoms with van der Waals surface area (Å²) in [5, 5.41) is 0. The lowest BCUT2D eigenvalue weighted by molar-refractivity contribution is -0.0934. The van der Waals surface area contributed by atoms with E-state index in [0.717, 1.165) is 5.69 Å². The standard InChI is InChI=1S/C13H8F3N3/c1-7-6-18-12-10(19-7)2-3-17-11(12)8-4-9(5-8)13(14,15)16/h2-3,6H,4H2,1H3. The van der Waals surface area contributed by atoms with E-state index < -0.39 is 11.7 Å². The highest BCUT2D eigenvalue weighted by atomic mass is 19.4. The first-order valence-corrected chi connectivity index (χ1v) is 5.60. The van der Waals surface area contributed by atoms with Crippen LogP contribution in [0.5, 0.6) is 0 Å². The van der Waals surface area contributed by atoms with Crippen molar-refractivity contribution >= 4 is 16.6 Å². The third kappa shape index (κ3) is 2.00. The molecular weight excluding hydrogens is 255 g/mol. The lowest BCUT2D eigenvalue weighted by Crippen LogP contribution is -2.16. The SMILES string of the molecule is Cc1cnc2c(C3=C=C(C(F)(F)F)C3)nccc2n1. The van der Waals surface area contributed by atoms with Gasteiger partial charge in [-0.05, 0) is 13.0 Å². The number of nitrogens with zero attached hydrogens (tertiary/aromatic N) is 3. The van der Waals surface area contributed by atoms with Crippen LogP contribution in [0.15, 0.2) is 29.8 Å². The summed E-state index contributed by atoms with van der Waals surface area (Å²) in [4.78, 5) is 12.6. The molecule has 0 aromatic carbocycles. The first-order chi connectivity index (χ1) is 8.95. The van der Waals surface area contributed by atoms with Crippen LogP contribution >= 0.6 is 0 Å². The van der Waals surface area contributed by atoms with Gasteiger partial charge in [-0.15, -0.1) is 5.73 Å². The fourth-order valence-electron chi connectivity index (χ4n) is 1.91. The fraction of sp³-hybridized carbons (Fsp3) is 0.231. The molecule has 19 heavy (non-hydrogen) atoms. The van der Waals surface area contributed by atoms with Crippen molar-refractivity contribution in [3.8, 4) is 0 Å². The number of hydrogen-bond acceptors (Lipinski definition) is 3. The minimum absolute atomic E-state index is 0.175. The average molecular weight is 263 g/mol. The van der Waals surface area contributed by atoms with Crippen molar-refractivity contribution in [2.75, 3.05) is 0 Å². The molecule has 0 atom stereocenters. The van der Waals surface area contributed by atoms with Gasteiger partial charge in [0.1, 0.15) is 11.2 Å². The first-order valence-electron chi connectivity index (χ1n) is 5.60. The molecule has 96 valence electrons. The molecule has 1 aliphatic carbocycles. The zero-order valence-corrected chi connectivity index (χ0v) is 9.91. The molecule has 0 spiro atoms. The molecule has 2 aromatic rings. The Bertz CT molecular complexity index is 740. The Labute approximate surface area is 106 Å². The molecule has 0 bridgehead atoms. The van der Waals surface area contributed by atoms with Gasteiger partial charge in [-0.1, -0.05) is 0 Å². The number of halogens is 3. The third-order valence-electron chi connectivity index (χ3n) is 2.86. The van der Waals surface area contributed by atoms with Gasteiger partial charge < -0.3 is 0 Å². The van der Waals surface area contributed by atoms with Gasteiger partial charge in [-0.3, -0.25) is 9.97 Å². The van der Waals surface area contributed by atoms with Crippen LogP contribution in [0.1, 0.15) is 17.8 Å². The Hall–Kier alpha value is -2.20.